The van der Waals surface area contributed by atoms with Crippen LogP contribution in [0, 0.1) is 0 Å². The van der Waals surface area contributed by atoms with Crippen molar-refractivity contribution < 1.29 is 22.7 Å². The Balaban J connectivity index is 2.31. The lowest BCUT2D eigenvalue weighted by Gasteiger charge is -2.10. The number of carbonyl (C=O) groups is 1. The third kappa shape index (κ3) is 3.94. The van der Waals surface area contributed by atoms with E-state index < -0.39 is 16.0 Å². The first-order chi connectivity index (χ1) is 10.9. The quantitative estimate of drug-likeness (QED) is 0.834. The summed E-state index contributed by atoms with van der Waals surface area (Å²) in [6.45, 7) is 0. The zero-order valence-corrected chi connectivity index (χ0v) is 13.9. The van der Waals surface area contributed by atoms with Gasteiger partial charge in [-0.05, 0) is 42.5 Å². The number of sulfonamides is 1. The van der Waals surface area contributed by atoms with Crippen LogP contribution in [-0.4, -0.2) is 28.6 Å². The molecule has 0 aliphatic rings. The van der Waals surface area contributed by atoms with Crippen LogP contribution in [0.1, 0.15) is 10.4 Å². The highest BCUT2D eigenvalue weighted by Gasteiger charge is 2.17. The lowest BCUT2D eigenvalue weighted by molar-refractivity contribution is 0.0601. The predicted molar refractivity (Wildman–Crippen MR) is 86.6 cm³/mol. The van der Waals surface area contributed by atoms with Gasteiger partial charge in [-0.1, -0.05) is 11.6 Å². The molecule has 0 heterocycles. The fraction of sp³-hybridized carbons (Fsp3) is 0.133. The van der Waals surface area contributed by atoms with Gasteiger partial charge in [0.25, 0.3) is 10.0 Å². The normalized spacial score (nSPS) is 10.9. The van der Waals surface area contributed by atoms with E-state index in [2.05, 4.69) is 9.46 Å². The maximum Gasteiger partial charge on any atom is 0.339 e. The minimum absolute atomic E-state index is 0.0628. The molecule has 6 nitrogen and oxygen atoms in total. The molecule has 2 rings (SSSR count). The third-order valence-corrected chi connectivity index (χ3v) is 4.72. The number of ether oxygens (including phenoxy) is 2. The number of anilines is 1. The maximum atomic E-state index is 12.3. The molecule has 0 atom stereocenters. The first-order valence-electron chi connectivity index (χ1n) is 6.42. The van der Waals surface area contributed by atoms with Gasteiger partial charge in [-0.3, -0.25) is 4.72 Å². The second-order valence-electron chi connectivity index (χ2n) is 4.47. The largest absolute Gasteiger partial charge is 0.497 e. The first-order valence-corrected chi connectivity index (χ1v) is 8.28. The molecule has 0 radical (unpaired) electrons. The number of halogens is 1. The topological polar surface area (TPSA) is 81.7 Å². The van der Waals surface area contributed by atoms with E-state index in [0.29, 0.717) is 5.75 Å². The Morgan fingerprint density at radius 3 is 2.30 bits per heavy atom. The Labute approximate surface area is 139 Å². The van der Waals surface area contributed by atoms with Crippen molar-refractivity contribution in [2.75, 3.05) is 18.9 Å². The summed E-state index contributed by atoms with van der Waals surface area (Å²) >= 11 is 5.90. The third-order valence-electron chi connectivity index (χ3n) is 2.99. The molecule has 0 bridgehead atoms. The Morgan fingerprint density at radius 2 is 1.74 bits per heavy atom. The van der Waals surface area contributed by atoms with Crippen LogP contribution in [0.25, 0.3) is 0 Å². The van der Waals surface area contributed by atoms with Crippen molar-refractivity contribution in [2.45, 2.75) is 4.90 Å². The highest BCUT2D eigenvalue weighted by Crippen LogP contribution is 2.24. The maximum absolute atomic E-state index is 12.3. The van der Waals surface area contributed by atoms with Crippen LogP contribution in [0.5, 0.6) is 5.75 Å². The van der Waals surface area contributed by atoms with Crippen LogP contribution in [0.4, 0.5) is 5.69 Å². The molecular formula is C15H14ClNO5S. The van der Waals surface area contributed by atoms with E-state index in [4.69, 9.17) is 16.3 Å². The summed E-state index contributed by atoms with van der Waals surface area (Å²) in [7, 11) is -1.10. The molecule has 0 aliphatic carbocycles. The van der Waals surface area contributed by atoms with Gasteiger partial charge in [0.1, 0.15) is 5.75 Å². The highest BCUT2D eigenvalue weighted by atomic mass is 35.5. The number of carbonyl (C=O) groups excluding carboxylic acids is 1. The van der Waals surface area contributed by atoms with Crippen molar-refractivity contribution in [3.05, 3.63) is 53.1 Å². The van der Waals surface area contributed by atoms with Crippen LogP contribution in [0.3, 0.4) is 0 Å². The number of esters is 1. The average molecular weight is 356 g/mol. The van der Waals surface area contributed by atoms with Crippen LogP contribution >= 0.6 is 11.6 Å². The molecule has 0 spiro atoms. The molecule has 0 saturated carbocycles. The highest BCUT2D eigenvalue weighted by molar-refractivity contribution is 7.92. The van der Waals surface area contributed by atoms with Crippen molar-refractivity contribution in [3.63, 3.8) is 0 Å². The smallest absolute Gasteiger partial charge is 0.339 e. The van der Waals surface area contributed by atoms with E-state index >= 15 is 0 Å². The van der Waals surface area contributed by atoms with Crippen molar-refractivity contribution in [3.8, 4) is 5.75 Å². The van der Waals surface area contributed by atoms with Gasteiger partial charge in [0.05, 0.1) is 29.7 Å². The van der Waals surface area contributed by atoms with Gasteiger partial charge in [0.2, 0.25) is 0 Å². The molecule has 23 heavy (non-hydrogen) atoms. The number of methoxy groups -OCH3 is 2. The van der Waals surface area contributed by atoms with Gasteiger partial charge >= 0.3 is 5.97 Å². The van der Waals surface area contributed by atoms with Crippen molar-refractivity contribution in [2.24, 2.45) is 0 Å². The Hall–Kier alpha value is -2.25. The lowest BCUT2D eigenvalue weighted by atomic mass is 10.2. The van der Waals surface area contributed by atoms with Gasteiger partial charge < -0.3 is 9.47 Å². The molecular weight excluding hydrogens is 342 g/mol. The zero-order chi connectivity index (χ0) is 17.0. The predicted octanol–water partition coefficient (Wildman–Crippen LogP) is 2.94. The van der Waals surface area contributed by atoms with Gasteiger partial charge in [-0.15, -0.1) is 0 Å². The number of nitrogens with one attached hydrogen (secondary N) is 1. The molecule has 0 amide bonds. The summed E-state index contributed by atoms with van der Waals surface area (Å²) in [6.07, 6.45) is 0. The summed E-state index contributed by atoms with van der Waals surface area (Å²) in [6, 6.07) is 10.1. The summed E-state index contributed by atoms with van der Waals surface area (Å²) in [5.74, 6) is -0.107. The van der Waals surface area contributed by atoms with E-state index in [1.165, 1.54) is 56.7 Å². The van der Waals surface area contributed by atoms with Gasteiger partial charge in [0, 0.05) is 5.69 Å². The van der Waals surface area contributed by atoms with E-state index in [1.54, 1.807) is 0 Å². The summed E-state index contributed by atoms with van der Waals surface area (Å²) in [5.41, 5.74) is 0.273. The Morgan fingerprint density at radius 1 is 1.09 bits per heavy atom. The van der Waals surface area contributed by atoms with E-state index in [0.717, 1.165) is 0 Å². The van der Waals surface area contributed by atoms with E-state index in [-0.39, 0.29) is 21.2 Å². The van der Waals surface area contributed by atoms with Crippen LogP contribution in [0.2, 0.25) is 5.02 Å². The first kappa shape index (κ1) is 17.1. The summed E-state index contributed by atoms with van der Waals surface area (Å²) in [5, 5.41) is 0.171. The van der Waals surface area contributed by atoms with Gasteiger partial charge in [0.15, 0.2) is 0 Å². The second-order valence-corrected chi connectivity index (χ2v) is 6.56. The molecule has 0 fully saturated rings. The molecule has 1 N–H and O–H groups in total. The summed E-state index contributed by atoms with van der Waals surface area (Å²) < 4.78 is 36.6. The molecule has 2 aromatic rings. The standard InChI is InChI=1S/C15H14ClNO5S/c1-21-11-4-6-12(7-5-11)23(19,20)17-10-3-8-14(16)13(9-10)15(18)22-2/h3-9,17H,1-2H3. The number of rotatable bonds is 5. The minimum Gasteiger partial charge on any atom is -0.497 e. The second kappa shape index (κ2) is 6.89. The van der Waals surface area contributed by atoms with Crippen LogP contribution in [-0.2, 0) is 14.8 Å². The molecule has 0 aliphatic heterocycles. The van der Waals surface area contributed by atoms with E-state index in [9.17, 15) is 13.2 Å². The summed E-state index contributed by atoms with van der Waals surface area (Å²) in [4.78, 5) is 11.7. The number of hydrogen-bond donors (Lipinski definition) is 1. The number of benzene rings is 2. The number of hydrogen-bond acceptors (Lipinski definition) is 5. The zero-order valence-electron chi connectivity index (χ0n) is 12.4. The monoisotopic (exact) mass is 355 g/mol. The Kier molecular flexibility index (Phi) is 5.12. The molecule has 8 heteroatoms. The lowest BCUT2D eigenvalue weighted by Crippen LogP contribution is -2.13. The molecule has 122 valence electrons. The van der Waals surface area contributed by atoms with Crippen LogP contribution < -0.4 is 9.46 Å². The van der Waals surface area contributed by atoms with Crippen molar-refractivity contribution in [1.82, 2.24) is 0 Å². The fourth-order valence-corrected chi connectivity index (χ4v) is 3.07. The average Bonchev–Trinajstić information content (AvgIpc) is 2.55. The van der Waals surface area contributed by atoms with Crippen molar-refractivity contribution >= 4 is 33.3 Å². The Bertz CT molecular complexity index is 818. The van der Waals surface area contributed by atoms with Gasteiger partial charge in [-0.25, -0.2) is 13.2 Å². The molecule has 0 unspecified atom stereocenters. The van der Waals surface area contributed by atoms with E-state index in [1.807, 2.05) is 0 Å². The van der Waals surface area contributed by atoms with Crippen LogP contribution in [0.15, 0.2) is 47.4 Å². The molecule has 0 aromatic heterocycles. The fourth-order valence-electron chi connectivity index (χ4n) is 1.82. The van der Waals surface area contributed by atoms with Gasteiger partial charge in [-0.2, -0.15) is 0 Å². The SMILES string of the molecule is COC(=O)c1cc(NS(=O)(=O)c2ccc(OC)cc2)ccc1Cl. The molecule has 2 aromatic carbocycles. The molecule has 0 saturated heterocycles. The van der Waals surface area contributed by atoms with Crippen molar-refractivity contribution in [1.29, 1.82) is 0 Å². The minimum atomic E-state index is -3.80.